The molecule has 4 rings (SSSR count). The summed E-state index contributed by atoms with van der Waals surface area (Å²) in [4.78, 5) is 14.5. The fraction of sp³-hybridized carbons (Fsp3) is 0.208. The number of hydrogen-bond acceptors (Lipinski definition) is 5. The largest absolute Gasteiger partial charge is 0.495 e. The number of carbonyl (C=O) groups is 1. The normalized spacial score (nSPS) is 14.7. The molecule has 0 radical (unpaired) electrons. The van der Waals surface area contributed by atoms with E-state index in [1.54, 1.807) is 13.2 Å². The lowest BCUT2D eigenvalue weighted by atomic mass is 10.2. The van der Waals surface area contributed by atoms with Gasteiger partial charge in [0.25, 0.3) is 5.91 Å². The second-order valence-electron chi connectivity index (χ2n) is 7.52. The monoisotopic (exact) mass is 469 g/mol. The number of benzene rings is 3. The highest BCUT2D eigenvalue weighted by atomic mass is 32.2. The van der Waals surface area contributed by atoms with Gasteiger partial charge in [0.2, 0.25) is 10.0 Å². The van der Waals surface area contributed by atoms with Gasteiger partial charge in [-0.1, -0.05) is 24.3 Å². The molecule has 1 N–H and O–H groups in total. The molecule has 1 heterocycles. The molecule has 9 heteroatoms. The summed E-state index contributed by atoms with van der Waals surface area (Å²) in [6.45, 7) is 1.76. The van der Waals surface area contributed by atoms with E-state index in [0.717, 1.165) is 11.4 Å². The average molecular weight is 470 g/mol. The first-order chi connectivity index (χ1) is 15.9. The summed E-state index contributed by atoms with van der Waals surface area (Å²) in [6.07, 6.45) is 0. The van der Waals surface area contributed by atoms with E-state index in [1.807, 2.05) is 24.3 Å². The molecule has 0 spiro atoms. The molecule has 0 aliphatic carbocycles. The van der Waals surface area contributed by atoms with E-state index in [9.17, 15) is 17.6 Å². The Morgan fingerprint density at radius 1 is 0.909 bits per heavy atom. The summed E-state index contributed by atoms with van der Waals surface area (Å²) < 4.78 is 46.9. The third kappa shape index (κ3) is 4.84. The number of anilines is 2. The molecule has 0 aromatic heterocycles. The van der Waals surface area contributed by atoms with Crippen molar-refractivity contribution in [1.82, 2.24) is 4.31 Å². The SMILES string of the molecule is COc1ccccc1N1CCN(S(=O)(=O)c2ccc(NC(=O)c3ccccc3F)cc2)CC1. The zero-order valence-corrected chi connectivity index (χ0v) is 18.9. The highest BCUT2D eigenvalue weighted by molar-refractivity contribution is 7.89. The van der Waals surface area contributed by atoms with Crippen LogP contribution < -0.4 is 15.0 Å². The molecule has 1 aliphatic rings. The second kappa shape index (κ2) is 9.60. The highest BCUT2D eigenvalue weighted by Gasteiger charge is 2.29. The van der Waals surface area contributed by atoms with Crippen LogP contribution in [0.3, 0.4) is 0 Å². The predicted octanol–water partition coefficient (Wildman–Crippen LogP) is 3.60. The van der Waals surface area contributed by atoms with E-state index in [2.05, 4.69) is 10.2 Å². The molecule has 0 saturated carbocycles. The van der Waals surface area contributed by atoms with E-state index in [4.69, 9.17) is 4.74 Å². The molecule has 3 aromatic rings. The molecule has 7 nitrogen and oxygen atoms in total. The molecular formula is C24H24FN3O4S. The van der Waals surface area contributed by atoms with Crippen LogP contribution >= 0.6 is 0 Å². The molecular weight excluding hydrogens is 445 g/mol. The first kappa shape index (κ1) is 22.8. The van der Waals surface area contributed by atoms with Crippen LogP contribution in [0.1, 0.15) is 10.4 Å². The Morgan fingerprint density at radius 2 is 1.55 bits per heavy atom. The molecule has 1 fully saturated rings. The molecule has 1 aliphatic heterocycles. The second-order valence-corrected chi connectivity index (χ2v) is 9.46. The lowest BCUT2D eigenvalue weighted by molar-refractivity contribution is 0.102. The van der Waals surface area contributed by atoms with Crippen molar-refractivity contribution in [3.63, 3.8) is 0 Å². The molecule has 1 amide bonds. The fourth-order valence-electron chi connectivity index (χ4n) is 3.76. The zero-order chi connectivity index (χ0) is 23.4. The van der Waals surface area contributed by atoms with E-state index in [-0.39, 0.29) is 10.5 Å². The maximum atomic E-state index is 13.8. The quantitative estimate of drug-likeness (QED) is 0.597. The minimum Gasteiger partial charge on any atom is -0.495 e. The number of nitrogens with zero attached hydrogens (tertiary/aromatic N) is 2. The minimum atomic E-state index is -3.68. The Kier molecular flexibility index (Phi) is 6.62. The third-order valence-electron chi connectivity index (χ3n) is 5.53. The summed E-state index contributed by atoms with van der Waals surface area (Å²) >= 11 is 0. The van der Waals surface area contributed by atoms with Gasteiger partial charge in [-0.05, 0) is 48.5 Å². The maximum absolute atomic E-state index is 13.8. The van der Waals surface area contributed by atoms with E-state index in [0.29, 0.717) is 31.9 Å². The van der Waals surface area contributed by atoms with Crippen molar-refractivity contribution in [2.45, 2.75) is 4.90 Å². The van der Waals surface area contributed by atoms with Gasteiger partial charge < -0.3 is 15.0 Å². The summed E-state index contributed by atoms with van der Waals surface area (Å²) in [5.74, 6) is -0.473. The van der Waals surface area contributed by atoms with Gasteiger partial charge in [-0.2, -0.15) is 4.31 Å². The molecule has 0 atom stereocenters. The van der Waals surface area contributed by atoms with E-state index >= 15 is 0 Å². The van der Waals surface area contributed by atoms with Crippen LogP contribution in [0.2, 0.25) is 0 Å². The molecule has 0 bridgehead atoms. The Bertz CT molecular complexity index is 1240. The van der Waals surface area contributed by atoms with Gasteiger partial charge in [-0.3, -0.25) is 4.79 Å². The van der Waals surface area contributed by atoms with E-state index in [1.165, 1.54) is 46.8 Å². The summed E-state index contributed by atoms with van der Waals surface area (Å²) in [5.41, 5.74) is 1.23. The number of carbonyl (C=O) groups excluding carboxylic acids is 1. The van der Waals surface area contributed by atoms with Crippen LogP contribution in [0.4, 0.5) is 15.8 Å². The number of nitrogens with one attached hydrogen (secondary N) is 1. The first-order valence-corrected chi connectivity index (χ1v) is 11.9. The Balaban J connectivity index is 1.42. The number of methoxy groups -OCH3 is 1. The van der Waals surface area contributed by atoms with Crippen LogP contribution in [-0.4, -0.2) is 51.9 Å². The Morgan fingerprint density at radius 3 is 2.21 bits per heavy atom. The lowest BCUT2D eigenvalue weighted by Crippen LogP contribution is -2.48. The van der Waals surface area contributed by atoms with Gasteiger partial charge in [0.05, 0.1) is 23.3 Å². The minimum absolute atomic E-state index is 0.0814. The number of para-hydroxylation sites is 2. The maximum Gasteiger partial charge on any atom is 0.258 e. The average Bonchev–Trinajstić information content (AvgIpc) is 2.84. The fourth-order valence-corrected chi connectivity index (χ4v) is 5.19. The van der Waals surface area contributed by atoms with Crippen LogP contribution in [0, 0.1) is 5.82 Å². The lowest BCUT2D eigenvalue weighted by Gasteiger charge is -2.35. The van der Waals surface area contributed by atoms with Crippen molar-refractivity contribution >= 4 is 27.3 Å². The van der Waals surface area contributed by atoms with Crippen molar-refractivity contribution in [3.8, 4) is 5.75 Å². The van der Waals surface area contributed by atoms with Crippen LogP contribution in [0.25, 0.3) is 0 Å². The third-order valence-corrected chi connectivity index (χ3v) is 7.45. The van der Waals surface area contributed by atoms with Crippen LogP contribution in [0.5, 0.6) is 5.75 Å². The number of hydrogen-bond donors (Lipinski definition) is 1. The molecule has 172 valence electrons. The summed E-state index contributed by atoms with van der Waals surface area (Å²) in [7, 11) is -2.07. The van der Waals surface area contributed by atoms with Gasteiger partial charge in [0.1, 0.15) is 11.6 Å². The van der Waals surface area contributed by atoms with Crippen LogP contribution in [0.15, 0.2) is 77.7 Å². The number of amides is 1. The van der Waals surface area contributed by atoms with Crippen LogP contribution in [-0.2, 0) is 10.0 Å². The summed E-state index contributed by atoms with van der Waals surface area (Å²) in [5, 5.41) is 2.59. The number of halogens is 1. The number of sulfonamides is 1. The molecule has 0 unspecified atom stereocenters. The number of rotatable bonds is 6. The van der Waals surface area contributed by atoms with Gasteiger partial charge in [0.15, 0.2) is 0 Å². The van der Waals surface area contributed by atoms with Gasteiger partial charge in [-0.25, -0.2) is 12.8 Å². The Labute approximate surface area is 192 Å². The van der Waals surface area contributed by atoms with Crippen molar-refractivity contribution in [2.24, 2.45) is 0 Å². The van der Waals surface area contributed by atoms with Gasteiger partial charge >= 0.3 is 0 Å². The van der Waals surface area contributed by atoms with Gasteiger partial charge in [-0.15, -0.1) is 0 Å². The molecule has 3 aromatic carbocycles. The molecule has 1 saturated heterocycles. The smallest absolute Gasteiger partial charge is 0.258 e. The zero-order valence-electron chi connectivity index (χ0n) is 18.1. The van der Waals surface area contributed by atoms with Crippen molar-refractivity contribution in [3.05, 3.63) is 84.2 Å². The number of piperazine rings is 1. The Hall–Kier alpha value is -3.43. The molecule has 33 heavy (non-hydrogen) atoms. The standard InChI is InChI=1S/C24H24FN3O4S/c1-32-23-9-5-4-8-22(23)27-14-16-28(17-15-27)33(30,31)19-12-10-18(11-13-19)26-24(29)20-6-2-3-7-21(20)25/h2-13H,14-17H2,1H3,(H,26,29). The van der Waals surface area contributed by atoms with Crippen molar-refractivity contribution < 1.29 is 22.3 Å². The first-order valence-electron chi connectivity index (χ1n) is 10.4. The number of ether oxygens (including phenoxy) is 1. The topological polar surface area (TPSA) is 79.0 Å². The van der Waals surface area contributed by atoms with E-state index < -0.39 is 21.7 Å². The predicted molar refractivity (Wildman–Crippen MR) is 125 cm³/mol. The highest BCUT2D eigenvalue weighted by Crippen LogP contribution is 2.29. The van der Waals surface area contributed by atoms with Crippen molar-refractivity contribution in [2.75, 3.05) is 43.5 Å². The summed E-state index contributed by atoms with van der Waals surface area (Å²) in [6, 6.07) is 19.2. The van der Waals surface area contributed by atoms with Crippen molar-refractivity contribution in [1.29, 1.82) is 0 Å². The van der Waals surface area contributed by atoms with Gasteiger partial charge in [0, 0.05) is 31.9 Å².